The quantitative estimate of drug-likeness (QED) is 0.0200. The summed E-state index contributed by atoms with van der Waals surface area (Å²) in [6.07, 6.45) is 22.8. The van der Waals surface area contributed by atoms with Crippen molar-refractivity contribution in [3.8, 4) is 0 Å². The van der Waals surface area contributed by atoms with E-state index in [0.29, 0.717) is 39.6 Å². The van der Waals surface area contributed by atoms with Crippen LogP contribution in [0.4, 0.5) is 0 Å². The van der Waals surface area contributed by atoms with E-state index in [2.05, 4.69) is 37.2 Å². The highest BCUT2D eigenvalue weighted by Crippen LogP contribution is 2.18. The Hall–Kier alpha value is -9.20. The lowest BCUT2D eigenvalue weighted by molar-refractivity contribution is 0.0450. The van der Waals surface area contributed by atoms with Crippen molar-refractivity contribution in [2.75, 3.05) is 67.1 Å². The van der Waals surface area contributed by atoms with Gasteiger partial charge in [-0.15, -0.1) is 0 Å². The number of rotatable bonds is 40. The third kappa shape index (κ3) is 37.1. The minimum atomic E-state index is -0.550. The molecule has 0 fully saturated rings. The van der Waals surface area contributed by atoms with E-state index in [1.54, 1.807) is 123 Å². The van der Waals surface area contributed by atoms with Crippen molar-refractivity contribution >= 4 is 59.7 Å². The van der Waals surface area contributed by atoms with Crippen molar-refractivity contribution in [2.45, 2.75) is 197 Å². The molecule has 0 radical (unpaired) electrons. The molecule has 0 aromatic heterocycles. The van der Waals surface area contributed by atoms with Crippen LogP contribution < -0.4 is 0 Å². The first-order chi connectivity index (χ1) is 48.5. The molecule has 0 heterocycles. The number of hydrogen-bond acceptors (Lipinski definition) is 20. The zero-order chi connectivity index (χ0) is 74.0. The zero-order valence-corrected chi connectivity index (χ0v) is 60.9. The minimum Gasteiger partial charge on any atom is -0.465 e. The fraction of sp³-hybridized carbons (Fsp3) is 0.500. The van der Waals surface area contributed by atoms with Crippen LogP contribution in [0, 0.1) is 0 Å². The van der Waals surface area contributed by atoms with Gasteiger partial charge in [0.25, 0.3) is 0 Å². The fourth-order valence-electron chi connectivity index (χ4n) is 9.05. The van der Waals surface area contributed by atoms with Gasteiger partial charge in [-0.1, -0.05) is 205 Å². The summed E-state index contributed by atoms with van der Waals surface area (Å²) in [4.78, 5) is 118. The monoisotopic (exact) mass is 1390 g/mol. The first kappa shape index (κ1) is 88.8. The minimum absolute atomic E-state index is 0.210. The fourth-order valence-corrected chi connectivity index (χ4v) is 9.05. The van der Waals surface area contributed by atoms with Gasteiger partial charge in [0.05, 0.1) is 123 Å². The van der Waals surface area contributed by atoms with Crippen LogP contribution >= 0.6 is 0 Å². The van der Waals surface area contributed by atoms with Gasteiger partial charge in [0.2, 0.25) is 0 Å². The van der Waals surface area contributed by atoms with Crippen LogP contribution in [0.3, 0.4) is 0 Å². The maximum Gasteiger partial charge on any atom is 0.339 e. The Bertz CT molecular complexity index is 2960. The van der Waals surface area contributed by atoms with Crippen LogP contribution in [0.5, 0.6) is 0 Å². The van der Waals surface area contributed by atoms with Crippen LogP contribution in [0.25, 0.3) is 0 Å². The SMILES string of the molecule is CCCCCCCOC(=O)c1ccccc1C(=O)OCCCCCCC.CCCCCCOC(=O)c1ccccc1C(=O)OCCCCCC.CCCCOC(=O)c1ccccc1C(=O)OCCCC.CCOC(=O)c1ccccc1C(=O)OCC.COC(=O)c1ccccc1C(=O)OC. The van der Waals surface area contributed by atoms with E-state index in [9.17, 15) is 47.9 Å². The Labute approximate surface area is 593 Å². The van der Waals surface area contributed by atoms with Crippen molar-refractivity contribution in [3.05, 3.63) is 177 Å². The van der Waals surface area contributed by atoms with Gasteiger partial charge in [-0.3, -0.25) is 0 Å². The van der Waals surface area contributed by atoms with Crippen molar-refractivity contribution < 1.29 is 95.3 Å². The van der Waals surface area contributed by atoms with E-state index < -0.39 is 59.7 Å². The normalized spacial score (nSPS) is 10.1. The number of methoxy groups -OCH3 is 2. The van der Waals surface area contributed by atoms with E-state index in [1.165, 1.54) is 52.0 Å². The van der Waals surface area contributed by atoms with E-state index in [0.717, 1.165) is 116 Å². The maximum atomic E-state index is 12.3. The van der Waals surface area contributed by atoms with Crippen LogP contribution in [0.15, 0.2) is 121 Å². The molecule has 0 aliphatic carbocycles. The molecule has 0 saturated heterocycles. The number of hydrogen-bond donors (Lipinski definition) is 0. The smallest absolute Gasteiger partial charge is 0.339 e. The van der Waals surface area contributed by atoms with Gasteiger partial charge < -0.3 is 47.4 Å². The summed E-state index contributed by atoms with van der Waals surface area (Å²) in [5.41, 5.74) is 2.58. The Balaban J connectivity index is 0.000000635. The molecule has 5 aromatic rings. The predicted octanol–water partition coefficient (Wildman–Crippen LogP) is 18.0. The third-order valence-corrected chi connectivity index (χ3v) is 14.6. The average molecular weight is 1390 g/mol. The lowest BCUT2D eigenvalue weighted by Crippen LogP contribution is -2.15. The number of unbranched alkanes of at least 4 members (excludes halogenated alkanes) is 16. The Morgan fingerprint density at radius 1 is 0.200 bits per heavy atom. The molecular weight excluding hydrogens is 1280 g/mol. The molecule has 5 rings (SSSR count). The van der Waals surface area contributed by atoms with Gasteiger partial charge in [-0.05, 0) is 113 Å². The summed E-state index contributed by atoms with van der Waals surface area (Å²) in [6, 6.07) is 32.8. The zero-order valence-electron chi connectivity index (χ0n) is 60.9. The number of carbonyl (C=O) groups is 10. The van der Waals surface area contributed by atoms with Crippen LogP contribution in [0.2, 0.25) is 0 Å². The Kier molecular flexibility index (Phi) is 51.2. The topological polar surface area (TPSA) is 263 Å². The first-order valence-corrected chi connectivity index (χ1v) is 35.5. The summed E-state index contributed by atoms with van der Waals surface area (Å²) in [5.74, 6) is -4.86. The van der Waals surface area contributed by atoms with Gasteiger partial charge in [0, 0.05) is 0 Å². The summed E-state index contributed by atoms with van der Waals surface area (Å²) in [5, 5.41) is 0. The summed E-state index contributed by atoms with van der Waals surface area (Å²) in [7, 11) is 2.52. The number of carbonyl (C=O) groups excluding carboxylic acids is 10. The third-order valence-electron chi connectivity index (χ3n) is 14.6. The van der Waals surface area contributed by atoms with E-state index in [-0.39, 0.29) is 68.8 Å². The van der Waals surface area contributed by atoms with E-state index in [4.69, 9.17) is 37.9 Å². The Morgan fingerprint density at radius 2 is 0.350 bits per heavy atom. The highest BCUT2D eigenvalue weighted by atomic mass is 16.6. The molecule has 0 amide bonds. The molecule has 550 valence electrons. The molecule has 0 aliphatic heterocycles. The second-order valence-electron chi connectivity index (χ2n) is 22.6. The second-order valence-corrected chi connectivity index (χ2v) is 22.6. The number of benzene rings is 5. The molecule has 20 heteroatoms. The van der Waals surface area contributed by atoms with Crippen LogP contribution in [-0.2, 0) is 47.4 Å². The van der Waals surface area contributed by atoms with Crippen LogP contribution in [-0.4, -0.2) is 127 Å². The highest BCUT2D eigenvalue weighted by Gasteiger charge is 2.23. The number of ether oxygens (including phenoxy) is 10. The molecule has 0 unspecified atom stereocenters. The van der Waals surface area contributed by atoms with Crippen molar-refractivity contribution in [2.24, 2.45) is 0 Å². The van der Waals surface area contributed by atoms with Gasteiger partial charge in [0.1, 0.15) is 0 Å². The standard InChI is InChI=1S/C22H34O4.C20H30O4.C16H22O4.C12H14O4.C10H10O4/c1-3-5-7-9-13-17-25-21(23)19-15-11-12-16-20(19)22(24)26-18-14-10-8-6-4-2;1-3-5-7-11-15-23-19(21)17-13-9-10-14-18(17)20(22)24-16-12-8-6-4-2;1-3-5-11-19-15(17)13-9-7-8-10-14(13)16(18)20-12-6-4-2;1-3-15-11(13)9-7-5-6-8-10(9)12(14)16-4-2;1-13-9(11)7-5-3-4-6-8(7)10(12)14-2/h11-12,15-16H,3-10,13-14,17-18H2,1-2H3;9-10,13-14H,3-8,11-12,15-16H2,1-2H3;7-10H,3-6,11-12H2,1-2H3;5-8H,3-4H2,1-2H3;3-6H,1-2H3. The molecule has 0 N–H and O–H groups in total. The van der Waals surface area contributed by atoms with Crippen molar-refractivity contribution in [3.63, 3.8) is 0 Å². The summed E-state index contributed by atoms with van der Waals surface area (Å²) >= 11 is 0. The summed E-state index contributed by atoms with van der Waals surface area (Å²) < 4.78 is 50.2. The molecule has 5 aromatic carbocycles. The molecule has 100 heavy (non-hydrogen) atoms. The maximum absolute atomic E-state index is 12.3. The molecule has 0 saturated carbocycles. The summed E-state index contributed by atoms with van der Waals surface area (Å²) in [6.45, 7) is 18.9. The highest BCUT2D eigenvalue weighted by molar-refractivity contribution is 6.06. The Morgan fingerprint density at radius 3 is 0.520 bits per heavy atom. The molecule has 0 bridgehead atoms. The van der Waals surface area contributed by atoms with Gasteiger partial charge in [-0.25, -0.2) is 47.9 Å². The molecule has 0 atom stereocenters. The van der Waals surface area contributed by atoms with Crippen molar-refractivity contribution in [1.29, 1.82) is 0 Å². The average Bonchev–Trinajstić information content (AvgIpc) is 0.890. The number of esters is 10. The van der Waals surface area contributed by atoms with Crippen molar-refractivity contribution in [1.82, 2.24) is 0 Å². The lowest BCUT2D eigenvalue weighted by Gasteiger charge is -2.10. The van der Waals surface area contributed by atoms with Gasteiger partial charge in [0.15, 0.2) is 0 Å². The van der Waals surface area contributed by atoms with E-state index in [1.807, 2.05) is 13.8 Å². The predicted molar refractivity (Wildman–Crippen MR) is 384 cm³/mol. The largest absolute Gasteiger partial charge is 0.465 e. The van der Waals surface area contributed by atoms with Crippen LogP contribution in [0.1, 0.15) is 300 Å². The van der Waals surface area contributed by atoms with E-state index >= 15 is 0 Å². The lowest BCUT2D eigenvalue weighted by atomic mass is 10.1. The van der Waals surface area contributed by atoms with Gasteiger partial charge >= 0.3 is 59.7 Å². The molecule has 0 spiro atoms. The molecule has 20 nitrogen and oxygen atoms in total. The molecular formula is C80H110O20. The first-order valence-electron chi connectivity index (χ1n) is 35.5. The molecule has 0 aliphatic rings. The van der Waals surface area contributed by atoms with Gasteiger partial charge in [-0.2, -0.15) is 0 Å². The second kappa shape index (κ2) is 57.7.